The van der Waals surface area contributed by atoms with Gasteiger partial charge < -0.3 is 4.90 Å². The average Bonchev–Trinajstić information content (AvgIpc) is 2.91. The molecule has 0 atom stereocenters. The Morgan fingerprint density at radius 3 is 2.31 bits per heavy atom. The zero-order chi connectivity index (χ0) is 25.2. The van der Waals surface area contributed by atoms with Crippen LogP contribution in [-0.2, 0) is 24.2 Å². The van der Waals surface area contributed by atoms with Crippen LogP contribution in [0.15, 0.2) is 103 Å². The van der Waals surface area contributed by atoms with Crippen molar-refractivity contribution in [3.63, 3.8) is 0 Å². The lowest BCUT2D eigenvalue weighted by Crippen LogP contribution is -2.25. The molecule has 0 saturated carbocycles. The predicted octanol–water partition coefficient (Wildman–Crippen LogP) is 7.55. The summed E-state index contributed by atoms with van der Waals surface area (Å²) < 4.78 is 0. The number of aryl methyl sites for hydroxylation is 1. The van der Waals surface area contributed by atoms with Gasteiger partial charge in [0.15, 0.2) is 0 Å². The molecule has 0 aliphatic rings. The van der Waals surface area contributed by atoms with Crippen molar-refractivity contribution in [3.8, 4) is 11.1 Å². The molecule has 0 radical (unpaired) electrons. The van der Waals surface area contributed by atoms with Gasteiger partial charge in [0.2, 0.25) is 0 Å². The largest absolute Gasteiger partial charge is 0.367 e. The Hall–Kier alpha value is -3.72. The van der Waals surface area contributed by atoms with Crippen molar-refractivity contribution in [3.05, 3.63) is 120 Å². The number of pyridine rings is 1. The van der Waals surface area contributed by atoms with Crippen LogP contribution in [0.4, 0.5) is 5.69 Å². The van der Waals surface area contributed by atoms with Crippen LogP contribution < -0.4 is 4.90 Å². The van der Waals surface area contributed by atoms with Gasteiger partial charge in [0.05, 0.1) is 0 Å². The number of anilines is 1. The minimum absolute atomic E-state index is 0.264. The Morgan fingerprint density at radius 1 is 0.833 bits per heavy atom. The fourth-order valence-electron chi connectivity index (χ4n) is 4.45. The van der Waals surface area contributed by atoms with E-state index in [0.717, 1.165) is 37.1 Å². The van der Waals surface area contributed by atoms with Crippen LogP contribution in [0.3, 0.4) is 0 Å². The summed E-state index contributed by atoms with van der Waals surface area (Å²) >= 11 is 0. The Labute approximate surface area is 215 Å². The van der Waals surface area contributed by atoms with E-state index in [1.807, 2.05) is 18.3 Å². The molecular formula is C33H36N2O. The molecule has 4 rings (SSSR count). The second kappa shape index (κ2) is 12.8. The van der Waals surface area contributed by atoms with E-state index < -0.39 is 0 Å². The zero-order valence-electron chi connectivity index (χ0n) is 21.4. The molecule has 0 saturated heterocycles. The third-order valence-electron chi connectivity index (χ3n) is 6.56. The van der Waals surface area contributed by atoms with Gasteiger partial charge in [-0.1, -0.05) is 86.6 Å². The summed E-state index contributed by atoms with van der Waals surface area (Å²) in [5.74, 6) is 0.897. The van der Waals surface area contributed by atoms with E-state index in [0.29, 0.717) is 18.8 Å². The number of aromatic nitrogens is 1. The van der Waals surface area contributed by atoms with Crippen molar-refractivity contribution in [2.24, 2.45) is 5.92 Å². The lowest BCUT2D eigenvalue weighted by molar-refractivity contribution is -0.118. The van der Waals surface area contributed by atoms with Crippen LogP contribution in [0, 0.1) is 5.92 Å². The molecule has 0 amide bonds. The van der Waals surface area contributed by atoms with E-state index in [4.69, 9.17) is 0 Å². The summed E-state index contributed by atoms with van der Waals surface area (Å²) in [6.07, 6.45) is 6.49. The van der Waals surface area contributed by atoms with Crippen LogP contribution >= 0.6 is 0 Å². The van der Waals surface area contributed by atoms with Gasteiger partial charge in [-0.2, -0.15) is 0 Å². The maximum Gasteiger partial charge on any atom is 0.137 e. The van der Waals surface area contributed by atoms with Crippen molar-refractivity contribution in [2.75, 3.05) is 11.4 Å². The fourth-order valence-corrected chi connectivity index (χ4v) is 4.45. The number of carbonyl (C=O) groups excluding carboxylic acids is 1. The Bertz CT molecular complexity index is 1220. The summed E-state index contributed by atoms with van der Waals surface area (Å²) in [4.78, 5) is 19.2. The molecule has 3 nitrogen and oxygen atoms in total. The van der Waals surface area contributed by atoms with E-state index in [-0.39, 0.29) is 5.78 Å². The van der Waals surface area contributed by atoms with E-state index in [2.05, 4.69) is 103 Å². The van der Waals surface area contributed by atoms with Gasteiger partial charge in [-0.05, 0) is 64.8 Å². The quantitative estimate of drug-likeness (QED) is 0.212. The number of ketones is 1. The van der Waals surface area contributed by atoms with Crippen LogP contribution in [0.1, 0.15) is 43.4 Å². The molecule has 0 spiro atoms. The highest BCUT2D eigenvalue weighted by Gasteiger charge is 2.13. The number of rotatable bonds is 12. The van der Waals surface area contributed by atoms with Crippen molar-refractivity contribution in [2.45, 2.75) is 46.1 Å². The number of hydrogen-bond donors (Lipinski definition) is 0. The molecule has 184 valence electrons. The SMILES string of the molecule is CC(C)CCN(Cc1ccccc1-c1ccccc1)c1ccc(CC(=O)CCc2cccnc2)cc1. The third-order valence-corrected chi connectivity index (χ3v) is 6.56. The van der Waals surface area contributed by atoms with Gasteiger partial charge in [0.1, 0.15) is 5.78 Å². The van der Waals surface area contributed by atoms with Crippen LogP contribution in [-0.4, -0.2) is 17.3 Å². The predicted molar refractivity (Wildman–Crippen MR) is 150 cm³/mol. The molecule has 1 heterocycles. The van der Waals surface area contributed by atoms with Gasteiger partial charge in [0.25, 0.3) is 0 Å². The van der Waals surface area contributed by atoms with Crippen LogP contribution in [0.2, 0.25) is 0 Å². The van der Waals surface area contributed by atoms with E-state index in [9.17, 15) is 4.79 Å². The first-order valence-electron chi connectivity index (χ1n) is 13.0. The van der Waals surface area contributed by atoms with Gasteiger partial charge >= 0.3 is 0 Å². The van der Waals surface area contributed by atoms with Gasteiger partial charge in [-0.3, -0.25) is 9.78 Å². The summed E-state index contributed by atoms with van der Waals surface area (Å²) in [6.45, 7) is 6.39. The van der Waals surface area contributed by atoms with E-state index in [1.54, 1.807) is 6.20 Å². The third kappa shape index (κ3) is 7.39. The summed E-state index contributed by atoms with van der Waals surface area (Å²) in [5, 5.41) is 0. The smallest absolute Gasteiger partial charge is 0.137 e. The number of Topliss-reactive ketones (excluding diaryl/α,β-unsaturated/α-hetero) is 1. The molecular weight excluding hydrogens is 440 g/mol. The average molecular weight is 477 g/mol. The van der Waals surface area contributed by atoms with E-state index >= 15 is 0 Å². The molecule has 1 aromatic heterocycles. The van der Waals surface area contributed by atoms with Gasteiger partial charge in [-0.25, -0.2) is 0 Å². The highest BCUT2D eigenvalue weighted by Crippen LogP contribution is 2.27. The molecule has 0 N–H and O–H groups in total. The van der Waals surface area contributed by atoms with Crippen LogP contribution in [0.5, 0.6) is 0 Å². The zero-order valence-corrected chi connectivity index (χ0v) is 21.4. The second-order valence-corrected chi connectivity index (χ2v) is 9.87. The monoisotopic (exact) mass is 476 g/mol. The molecule has 4 aromatic rings. The maximum absolute atomic E-state index is 12.6. The molecule has 0 bridgehead atoms. The summed E-state index contributed by atoms with van der Waals surface area (Å²) in [5.41, 5.74) is 7.23. The molecule has 0 fully saturated rings. The van der Waals surface area contributed by atoms with E-state index in [1.165, 1.54) is 22.4 Å². The highest BCUT2D eigenvalue weighted by atomic mass is 16.1. The number of nitrogens with zero attached hydrogens (tertiary/aromatic N) is 2. The molecule has 0 unspecified atom stereocenters. The minimum Gasteiger partial charge on any atom is -0.367 e. The number of carbonyl (C=O) groups is 1. The van der Waals surface area contributed by atoms with Gasteiger partial charge in [0, 0.05) is 44.0 Å². The first kappa shape index (κ1) is 25.4. The number of hydrogen-bond acceptors (Lipinski definition) is 3. The van der Waals surface area contributed by atoms with Crippen LogP contribution in [0.25, 0.3) is 11.1 Å². The summed E-state index contributed by atoms with van der Waals surface area (Å²) in [6, 6.07) is 31.8. The Morgan fingerprint density at radius 2 is 1.58 bits per heavy atom. The highest BCUT2D eigenvalue weighted by molar-refractivity contribution is 5.81. The van der Waals surface area contributed by atoms with Crippen molar-refractivity contribution in [1.82, 2.24) is 4.98 Å². The fraction of sp³-hybridized carbons (Fsp3) is 0.273. The Balaban J connectivity index is 1.46. The van der Waals surface area contributed by atoms with Crippen molar-refractivity contribution >= 4 is 11.5 Å². The first-order valence-corrected chi connectivity index (χ1v) is 13.0. The molecule has 3 heteroatoms. The minimum atomic E-state index is 0.264. The maximum atomic E-state index is 12.6. The number of benzene rings is 3. The lowest BCUT2D eigenvalue weighted by atomic mass is 9.98. The van der Waals surface area contributed by atoms with Gasteiger partial charge in [-0.15, -0.1) is 0 Å². The van der Waals surface area contributed by atoms with Crippen molar-refractivity contribution in [1.29, 1.82) is 0 Å². The normalized spacial score (nSPS) is 11.0. The molecule has 3 aromatic carbocycles. The second-order valence-electron chi connectivity index (χ2n) is 9.87. The van der Waals surface area contributed by atoms with Crippen molar-refractivity contribution < 1.29 is 4.79 Å². The Kier molecular flexibility index (Phi) is 9.04. The molecule has 0 aliphatic carbocycles. The first-order chi connectivity index (χ1) is 17.6. The standard InChI is InChI=1S/C33H36N2O/c1-26(2)20-22-35(25-30-12-6-7-13-33(30)29-10-4-3-5-11-29)31-17-14-27(15-18-31)23-32(36)19-16-28-9-8-21-34-24-28/h3-15,17-18,21,24,26H,16,19-20,22-23,25H2,1-2H3. The molecule has 0 aliphatic heterocycles. The molecule has 36 heavy (non-hydrogen) atoms. The topological polar surface area (TPSA) is 33.2 Å². The lowest BCUT2D eigenvalue weighted by Gasteiger charge is -2.27. The summed E-state index contributed by atoms with van der Waals surface area (Å²) in [7, 11) is 0.